The van der Waals surface area contributed by atoms with E-state index in [0.717, 1.165) is 47.8 Å². The summed E-state index contributed by atoms with van der Waals surface area (Å²) in [7, 11) is 0. The zero-order chi connectivity index (χ0) is 30.0. The van der Waals surface area contributed by atoms with Crippen molar-refractivity contribution < 1.29 is 5.11 Å². The number of hydrogen-bond donors (Lipinski definition) is 5. The number of nitrogens with zero attached hydrogens (tertiary/aromatic N) is 5. The maximum Gasteiger partial charge on any atom is 0.225 e. The number of aromatic nitrogens is 3. The Bertz CT molecular complexity index is 1540. The van der Waals surface area contributed by atoms with Crippen LogP contribution < -0.4 is 21.7 Å². The molecule has 3 saturated heterocycles. The van der Waals surface area contributed by atoms with Gasteiger partial charge in [0.1, 0.15) is 11.6 Å². The number of aromatic amines is 1. The normalized spacial score (nSPS) is 25.0. The third kappa shape index (κ3) is 4.74. The number of phenolic OH excluding ortho intramolecular Hbond substituents is 1. The number of hydrogen-bond acceptors (Lipinski definition) is 9. The molecule has 4 aliphatic heterocycles. The number of nitrogens with one attached hydrogen (secondary N) is 2. The number of aromatic hydroxyl groups is 1. The number of para-hydroxylation sites is 1. The Balaban J connectivity index is 0.892. The molecule has 3 aromatic rings. The Morgan fingerprint density at radius 2 is 1.75 bits per heavy atom. The summed E-state index contributed by atoms with van der Waals surface area (Å²) in [6, 6.07) is 8.69. The van der Waals surface area contributed by atoms with Crippen molar-refractivity contribution in [3.05, 3.63) is 64.6 Å². The van der Waals surface area contributed by atoms with E-state index in [1.165, 1.54) is 70.5 Å². The molecule has 8 rings (SSSR count). The predicted molar refractivity (Wildman–Crippen MR) is 174 cm³/mol. The van der Waals surface area contributed by atoms with Crippen molar-refractivity contribution in [1.29, 1.82) is 0 Å². The zero-order valence-corrected chi connectivity index (χ0v) is 25.7. The Kier molecular flexibility index (Phi) is 6.84. The van der Waals surface area contributed by atoms with Gasteiger partial charge in [-0.2, -0.15) is 0 Å². The van der Waals surface area contributed by atoms with E-state index in [-0.39, 0.29) is 11.8 Å². The Hall–Kier alpha value is -3.60. The second-order valence-corrected chi connectivity index (χ2v) is 14.0. The molecule has 1 saturated carbocycles. The van der Waals surface area contributed by atoms with Gasteiger partial charge in [0, 0.05) is 91.7 Å². The van der Waals surface area contributed by atoms with Crippen LogP contribution in [0.3, 0.4) is 0 Å². The quantitative estimate of drug-likeness (QED) is 0.291. The zero-order valence-electron chi connectivity index (χ0n) is 25.7. The van der Waals surface area contributed by atoms with Gasteiger partial charge in [0.25, 0.3) is 0 Å². The first-order chi connectivity index (χ1) is 21.4. The molecule has 1 aromatic carbocycles. The summed E-state index contributed by atoms with van der Waals surface area (Å²) >= 11 is 0. The molecule has 1 unspecified atom stereocenters. The average Bonchev–Trinajstić information content (AvgIpc) is 3.28. The molecule has 0 bridgehead atoms. The Morgan fingerprint density at radius 3 is 2.43 bits per heavy atom. The third-order valence-corrected chi connectivity index (χ3v) is 11.4. The molecular formula is C34H45N9O. The number of benzene rings is 1. The highest BCUT2D eigenvalue weighted by Crippen LogP contribution is 2.48. The van der Waals surface area contributed by atoms with Gasteiger partial charge in [0.15, 0.2) is 0 Å². The standard InChI is InChI=1S/C34H45N9O/c1-21-31-27(12-28(35)26-4-2-3-5-30(26)44)32(36)40-29(31)8-11-43(21)33-38-15-23(16-39-33)22-6-9-41(10-7-22)25-17-42(18-25)24-13-34(14-24)19-37-20-34/h2-5,12,15-16,21-22,24-25,37,40,44H,6-11,13-14,17-20,35-36H2,1H3/b28-12-. The molecule has 1 aliphatic carbocycles. The lowest BCUT2D eigenvalue weighted by Gasteiger charge is -2.61. The van der Waals surface area contributed by atoms with E-state index >= 15 is 0 Å². The van der Waals surface area contributed by atoms with E-state index in [1.807, 2.05) is 18.2 Å². The fraction of sp³-hybridized carbons (Fsp3) is 0.529. The lowest BCUT2D eigenvalue weighted by molar-refractivity contribution is -0.0902. The van der Waals surface area contributed by atoms with Crippen LogP contribution in [0, 0.1) is 5.41 Å². The number of nitrogen functional groups attached to an aromatic ring is 1. The summed E-state index contributed by atoms with van der Waals surface area (Å²) in [5.41, 5.74) is 19.0. The minimum Gasteiger partial charge on any atom is -0.507 e. The van der Waals surface area contributed by atoms with Crippen LogP contribution in [0.5, 0.6) is 5.75 Å². The lowest BCUT2D eigenvalue weighted by atomic mass is 9.60. The highest BCUT2D eigenvalue weighted by Gasteiger charge is 2.52. The Morgan fingerprint density at radius 1 is 1.02 bits per heavy atom. The van der Waals surface area contributed by atoms with Gasteiger partial charge < -0.3 is 31.8 Å². The fourth-order valence-electron chi connectivity index (χ4n) is 8.51. The molecule has 7 N–H and O–H groups in total. The summed E-state index contributed by atoms with van der Waals surface area (Å²) in [4.78, 5) is 20.9. The monoisotopic (exact) mass is 595 g/mol. The molecule has 5 aliphatic rings. The van der Waals surface area contributed by atoms with Gasteiger partial charge >= 0.3 is 0 Å². The molecule has 1 atom stereocenters. The first kappa shape index (κ1) is 27.9. The van der Waals surface area contributed by atoms with Crippen LogP contribution in [0.25, 0.3) is 11.8 Å². The van der Waals surface area contributed by atoms with E-state index < -0.39 is 0 Å². The number of nitrogens with two attached hydrogens (primary N) is 2. The van der Waals surface area contributed by atoms with E-state index in [0.29, 0.717) is 28.4 Å². The van der Waals surface area contributed by atoms with Crippen molar-refractivity contribution in [2.24, 2.45) is 11.1 Å². The summed E-state index contributed by atoms with van der Waals surface area (Å²) in [6.45, 7) is 10.3. The summed E-state index contributed by atoms with van der Waals surface area (Å²) in [5.74, 6) is 2.01. The van der Waals surface area contributed by atoms with E-state index in [1.54, 1.807) is 12.1 Å². The summed E-state index contributed by atoms with van der Waals surface area (Å²) in [5, 5.41) is 13.8. The van der Waals surface area contributed by atoms with Gasteiger partial charge in [-0.1, -0.05) is 12.1 Å². The van der Waals surface area contributed by atoms with Gasteiger partial charge in [-0.05, 0) is 80.8 Å². The summed E-state index contributed by atoms with van der Waals surface area (Å²) < 4.78 is 0. The number of piperidine rings is 1. The molecule has 1 spiro atoms. The smallest absolute Gasteiger partial charge is 0.225 e. The number of phenols is 1. The fourth-order valence-corrected chi connectivity index (χ4v) is 8.51. The molecule has 10 heteroatoms. The minimum atomic E-state index is 0.0164. The number of fused-ring (bicyclic) bond motifs is 1. The van der Waals surface area contributed by atoms with Crippen molar-refractivity contribution in [3.8, 4) is 5.75 Å². The van der Waals surface area contributed by atoms with Gasteiger partial charge in [0.2, 0.25) is 5.95 Å². The van der Waals surface area contributed by atoms with Crippen molar-refractivity contribution in [1.82, 2.24) is 30.1 Å². The lowest BCUT2D eigenvalue weighted by Crippen LogP contribution is -2.70. The van der Waals surface area contributed by atoms with E-state index in [9.17, 15) is 5.11 Å². The second kappa shape index (κ2) is 10.8. The van der Waals surface area contributed by atoms with Crippen LogP contribution >= 0.6 is 0 Å². The van der Waals surface area contributed by atoms with Crippen LogP contribution in [-0.4, -0.2) is 87.8 Å². The number of likely N-dealkylation sites (tertiary alicyclic amines) is 2. The average molecular weight is 596 g/mol. The molecule has 4 fully saturated rings. The van der Waals surface area contributed by atoms with E-state index in [2.05, 4.69) is 44.3 Å². The number of H-pyrrole nitrogens is 1. The van der Waals surface area contributed by atoms with Crippen LogP contribution in [0.4, 0.5) is 11.8 Å². The van der Waals surface area contributed by atoms with E-state index in [4.69, 9.17) is 21.4 Å². The van der Waals surface area contributed by atoms with Crippen molar-refractivity contribution in [2.45, 2.75) is 63.1 Å². The van der Waals surface area contributed by atoms with Gasteiger partial charge in [0.05, 0.1) is 6.04 Å². The van der Waals surface area contributed by atoms with Gasteiger partial charge in [-0.3, -0.25) is 9.80 Å². The largest absolute Gasteiger partial charge is 0.507 e. The van der Waals surface area contributed by atoms with Crippen molar-refractivity contribution in [2.75, 3.05) is 56.4 Å². The van der Waals surface area contributed by atoms with Crippen molar-refractivity contribution in [3.63, 3.8) is 0 Å². The molecule has 2 aromatic heterocycles. The number of rotatable bonds is 6. The summed E-state index contributed by atoms with van der Waals surface area (Å²) in [6.07, 6.45) is 12.0. The Labute approximate surface area is 259 Å². The van der Waals surface area contributed by atoms with Crippen LogP contribution in [0.1, 0.15) is 72.5 Å². The van der Waals surface area contributed by atoms with Crippen LogP contribution in [-0.2, 0) is 6.42 Å². The molecule has 10 nitrogen and oxygen atoms in total. The van der Waals surface area contributed by atoms with Crippen LogP contribution in [0.15, 0.2) is 36.7 Å². The predicted octanol–water partition coefficient (Wildman–Crippen LogP) is 3.29. The maximum atomic E-state index is 10.3. The third-order valence-electron chi connectivity index (χ3n) is 11.4. The van der Waals surface area contributed by atoms with Gasteiger partial charge in [-0.25, -0.2) is 9.97 Å². The first-order valence-electron chi connectivity index (χ1n) is 16.4. The maximum absolute atomic E-state index is 10.3. The highest BCUT2D eigenvalue weighted by atomic mass is 16.3. The first-order valence-corrected chi connectivity index (χ1v) is 16.4. The molecule has 44 heavy (non-hydrogen) atoms. The van der Waals surface area contributed by atoms with Crippen molar-refractivity contribution >= 4 is 23.5 Å². The topological polar surface area (TPSA) is 136 Å². The van der Waals surface area contributed by atoms with Gasteiger partial charge in [-0.15, -0.1) is 0 Å². The molecule has 232 valence electrons. The second-order valence-electron chi connectivity index (χ2n) is 14.0. The SMILES string of the molecule is CC1c2c([nH]c(N)c2/C=C(\N)c2ccccc2O)CCN1c1ncc(C2CCN(C3CN(C4CC5(CNC5)C4)C3)CC2)cn1. The molecule has 0 amide bonds. The number of anilines is 2. The molecular weight excluding hydrogens is 550 g/mol. The molecule has 0 radical (unpaired) electrons. The highest BCUT2D eigenvalue weighted by molar-refractivity contribution is 5.86. The van der Waals surface area contributed by atoms with Crippen LogP contribution in [0.2, 0.25) is 0 Å². The minimum absolute atomic E-state index is 0.0164. The molecule has 6 heterocycles.